The van der Waals surface area contributed by atoms with Gasteiger partial charge in [-0.2, -0.15) is 0 Å². The fourth-order valence-corrected chi connectivity index (χ4v) is 1.41. The summed E-state index contributed by atoms with van der Waals surface area (Å²) in [4.78, 5) is 26.4. The van der Waals surface area contributed by atoms with Crippen LogP contribution < -0.4 is 5.32 Å². The van der Waals surface area contributed by atoms with Gasteiger partial charge in [0.15, 0.2) is 0 Å². The maximum atomic E-state index is 11.5. The van der Waals surface area contributed by atoms with Crippen LogP contribution in [-0.2, 0) is 16.0 Å². The van der Waals surface area contributed by atoms with Gasteiger partial charge >= 0.3 is 5.97 Å². The maximum Gasteiger partial charge on any atom is 0.326 e. The van der Waals surface area contributed by atoms with E-state index in [1.54, 1.807) is 26.0 Å². The average Bonchev–Trinajstić information content (AvgIpc) is 2.30. The van der Waals surface area contributed by atoms with Gasteiger partial charge in [0.05, 0.1) is 0 Å². The molecular formula is C12H15ClN2O3. The molecule has 0 unspecified atom stereocenters. The van der Waals surface area contributed by atoms with E-state index in [0.717, 1.165) is 0 Å². The molecule has 0 saturated carbocycles. The smallest absolute Gasteiger partial charge is 0.326 e. The Morgan fingerprint density at radius 2 is 2.11 bits per heavy atom. The predicted octanol–water partition coefficient (Wildman–Crippen LogP) is 1.50. The molecule has 98 valence electrons. The molecule has 1 amide bonds. The van der Waals surface area contributed by atoms with Gasteiger partial charge in [0, 0.05) is 18.5 Å². The normalized spacial score (nSPS) is 12.2. The quantitative estimate of drug-likeness (QED) is 0.795. The second-order valence-corrected chi connectivity index (χ2v) is 4.63. The molecule has 0 radical (unpaired) electrons. The van der Waals surface area contributed by atoms with Crippen LogP contribution in [0.1, 0.15) is 19.4 Å². The number of rotatable bonds is 5. The first-order valence-electron chi connectivity index (χ1n) is 5.53. The highest BCUT2D eigenvalue weighted by molar-refractivity contribution is 6.29. The fourth-order valence-electron chi connectivity index (χ4n) is 1.30. The number of aromatic nitrogens is 1. The molecule has 0 bridgehead atoms. The summed E-state index contributed by atoms with van der Waals surface area (Å²) < 4.78 is 0. The van der Waals surface area contributed by atoms with Crippen LogP contribution in [0.2, 0.25) is 5.15 Å². The number of nitrogens with one attached hydrogen (secondary N) is 1. The van der Waals surface area contributed by atoms with Crippen LogP contribution in [0.25, 0.3) is 0 Å². The molecule has 5 nitrogen and oxygen atoms in total. The fraction of sp³-hybridized carbons (Fsp3) is 0.417. The van der Waals surface area contributed by atoms with Gasteiger partial charge in [-0.1, -0.05) is 31.5 Å². The van der Waals surface area contributed by atoms with E-state index in [4.69, 9.17) is 16.7 Å². The summed E-state index contributed by atoms with van der Waals surface area (Å²) in [6, 6.07) is 2.32. The van der Waals surface area contributed by atoms with Gasteiger partial charge in [-0.05, 0) is 11.6 Å². The Bertz CT molecular complexity index is 431. The Balaban J connectivity index is 2.72. The molecule has 1 atom stereocenters. The Morgan fingerprint density at radius 1 is 1.44 bits per heavy atom. The van der Waals surface area contributed by atoms with Crippen LogP contribution >= 0.6 is 11.6 Å². The molecule has 0 fully saturated rings. The minimum absolute atomic E-state index is 0.179. The first-order valence-corrected chi connectivity index (χ1v) is 5.91. The van der Waals surface area contributed by atoms with Crippen molar-refractivity contribution in [3.63, 3.8) is 0 Å². The largest absolute Gasteiger partial charge is 0.480 e. The van der Waals surface area contributed by atoms with Crippen molar-refractivity contribution in [2.45, 2.75) is 26.3 Å². The molecule has 0 aliphatic carbocycles. The number of carboxylic acids is 1. The van der Waals surface area contributed by atoms with Crippen molar-refractivity contribution in [3.8, 4) is 0 Å². The molecule has 0 saturated heterocycles. The van der Waals surface area contributed by atoms with E-state index >= 15 is 0 Å². The van der Waals surface area contributed by atoms with Gasteiger partial charge in [-0.15, -0.1) is 0 Å². The van der Waals surface area contributed by atoms with E-state index in [2.05, 4.69) is 10.3 Å². The first kappa shape index (κ1) is 14.4. The minimum Gasteiger partial charge on any atom is -0.480 e. The van der Waals surface area contributed by atoms with Crippen LogP contribution in [0.5, 0.6) is 0 Å². The predicted molar refractivity (Wildman–Crippen MR) is 67.4 cm³/mol. The van der Waals surface area contributed by atoms with Crippen LogP contribution in [-0.4, -0.2) is 28.0 Å². The molecule has 1 heterocycles. The van der Waals surface area contributed by atoms with Crippen LogP contribution in [0.4, 0.5) is 0 Å². The number of hydrogen-bond donors (Lipinski definition) is 2. The van der Waals surface area contributed by atoms with Gasteiger partial charge in [0.2, 0.25) is 5.91 Å². The molecular weight excluding hydrogens is 256 g/mol. The molecule has 6 heteroatoms. The number of carbonyl (C=O) groups excluding carboxylic acids is 1. The summed E-state index contributed by atoms with van der Waals surface area (Å²) in [5.74, 6) is -1.61. The topological polar surface area (TPSA) is 79.3 Å². The maximum absolute atomic E-state index is 11.5. The zero-order valence-corrected chi connectivity index (χ0v) is 10.9. The summed E-state index contributed by atoms with van der Waals surface area (Å²) >= 11 is 5.64. The van der Waals surface area contributed by atoms with E-state index < -0.39 is 12.0 Å². The van der Waals surface area contributed by atoms with E-state index in [9.17, 15) is 9.59 Å². The van der Waals surface area contributed by atoms with Crippen molar-refractivity contribution in [2.24, 2.45) is 5.92 Å². The van der Waals surface area contributed by atoms with Crippen LogP contribution in [0.3, 0.4) is 0 Å². The third kappa shape index (κ3) is 4.33. The van der Waals surface area contributed by atoms with Gasteiger partial charge in [-0.25, -0.2) is 9.78 Å². The van der Waals surface area contributed by atoms with Gasteiger partial charge in [-0.3, -0.25) is 4.79 Å². The molecule has 1 rings (SSSR count). The highest BCUT2D eigenvalue weighted by Gasteiger charge is 2.21. The highest BCUT2D eigenvalue weighted by atomic mass is 35.5. The van der Waals surface area contributed by atoms with Crippen molar-refractivity contribution < 1.29 is 14.7 Å². The average molecular weight is 271 g/mol. The first-order chi connectivity index (χ1) is 8.40. The SMILES string of the molecule is CC(C)C(=O)N[C@H](Cc1ccc(Cl)nc1)C(=O)O. The summed E-state index contributed by atoms with van der Waals surface area (Å²) in [5, 5.41) is 11.9. The number of hydrogen-bond acceptors (Lipinski definition) is 3. The lowest BCUT2D eigenvalue weighted by molar-refractivity contribution is -0.142. The number of pyridine rings is 1. The molecule has 0 aliphatic rings. The molecule has 1 aromatic heterocycles. The highest BCUT2D eigenvalue weighted by Crippen LogP contribution is 2.08. The van der Waals surface area contributed by atoms with E-state index in [1.807, 2.05) is 0 Å². The summed E-state index contributed by atoms with van der Waals surface area (Å²) in [7, 11) is 0. The second-order valence-electron chi connectivity index (χ2n) is 4.25. The van der Waals surface area contributed by atoms with Crippen molar-refractivity contribution in [1.82, 2.24) is 10.3 Å². The van der Waals surface area contributed by atoms with Gasteiger partial charge in [0.1, 0.15) is 11.2 Å². The Hall–Kier alpha value is -1.62. The Morgan fingerprint density at radius 3 is 2.56 bits per heavy atom. The van der Waals surface area contributed by atoms with Crippen molar-refractivity contribution in [1.29, 1.82) is 0 Å². The van der Waals surface area contributed by atoms with E-state index in [0.29, 0.717) is 10.7 Å². The second kappa shape index (κ2) is 6.35. The lowest BCUT2D eigenvalue weighted by atomic mass is 10.1. The zero-order valence-electron chi connectivity index (χ0n) is 10.2. The van der Waals surface area contributed by atoms with E-state index in [1.165, 1.54) is 6.20 Å². The monoisotopic (exact) mass is 270 g/mol. The number of carbonyl (C=O) groups is 2. The molecule has 0 aromatic carbocycles. The molecule has 1 aromatic rings. The summed E-state index contributed by atoms with van der Waals surface area (Å²) in [5.41, 5.74) is 0.704. The summed E-state index contributed by atoms with van der Waals surface area (Å²) in [6.45, 7) is 3.41. The number of amides is 1. The van der Waals surface area contributed by atoms with Crippen LogP contribution in [0, 0.1) is 5.92 Å². The van der Waals surface area contributed by atoms with Crippen molar-refractivity contribution in [3.05, 3.63) is 29.0 Å². The molecule has 18 heavy (non-hydrogen) atoms. The molecule has 2 N–H and O–H groups in total. The third-order valence-electron chi connectivity index (χ3n) is 2.37. The standard InChI is InChI=1S/C12H15ClN2O3/c1-7(2)11(16)15-9(12(17)18)5-8-3-4-10(13)14-6-8/h3-4,6-7,9H,5H2,1-2H3,(H,15,16)(H,17,18)/t9-/m1/s1. The molecule has 0 aliphatic heterocycles. The Labute approximate surface area is 110 Å². The lowest BCUT2D eigenvalue weighted by Crippen LogP contribution is -2.44. The zero-order chi connectivity index (χ0) is 13.7. The van der Waals surface area contributed by atoms with Gasteiger partial charge in [0.25, 0.3) is 0 Å². The van der Waals surface area contributed by atoms with Gasteiger partial charge < -0.3 is 10.4 Å². The minimum atomic E-state index is -1.07. The summed E-state index contributed by atoms with van der Waals surface area (Å²) in [6.07, 6.45) is 1.68. The number of nitrogens with zero attached hydrogens (tertiary/aromatic N) is 1. The molecule has 0 spiro atoms. The number of halogens is 1. The van der Waals surface area contributed by atoms with Crippen LogP contribution in [0.15, 0.2) is 18.3 Å². The number of carboxylic acid groups (broad SMARTS) is 1. The Kier molecular flexibility index (Phi) is 5.09. The van der Waals surface area contributed by atoms with E-state index in [-0.39, 0.29) is 18.2 Å². The van der Waals surface area contributed by atoms with Crippen molar-refractivity contribution in [2.75, 3.05) is 0 Å². The lowest BCUT2D eigenvalue weighted by Gasteiger charge is -2.15. The van der Waals surface area contributed by atoms with Crippen molar-refractivity contribution >= 4 is 23.5 Å². The number of aliphatic carboxylic acids is 1. The third-order valence-corrected chi connectivity index (χ3v) is 2.59.